The average Bonchev–Trinajstić information content (AvgIpc) is 2.66. The van der Waals surface area contributed by atoms with Gasteiger partial charge in [-0.1, -0.05) is 11.6 Å². The lowest BCUT2D eigenvalue weighted by Gasteiger charge is -2.56. The van der Waals surface area contributed by atoms with E-state index in [4.69, 9.17) is 11.6 Å². The molecule has 1 spiro atoms. The quantitative estimate of drug-likeness (QED) is 0.861. The molecule has 1 aromatic carbocycles. The van der Waals surface area contributed by atoms with Crippen LogP contribution in [-0.4, -0.2) is 75.1 Å². The van der Waals surface area contributed by atoms with Crippen LogP contribution in [0.3, 0.4) is 0 Å². The van der Waals surface area contributed by atoms with E-state index in [0.717, 1.165) is 24.8 Å². The standard InChI is InChI=1S/C21H31ClN4O/c1-24(2)20(27)18-4-3-17(13-19(18)22)25-11-5-16(6-12-25)26-14-21(15-26)7-9-23-10-8-21/h3-4,13,16,23H,5-12,14-15H2,1-2H3. The summed E-state index contributed by atoms with van der Waals surface area (Å²) in [4.78, 5) is 18.8. The van der Waals surface area contributed by atoms with Crippen LogP contribution in [0.25, 0.3) is 0 Å². The summed E-state index contributed by atoms with van der Waals surface area (Å²) >= 11 is 6.39. The molecule has 0 unspecified atom stereocenters. The molecule has 3 aliphatic heterocycles. The number of hydrogen-bond donors (Lipinski definition) is 1. The van der Waals surface area contributed by atoms with Gasteiger partial charge < -0.3 is 15.1 Å². The summed E-state index contributed by atoms with van der Waals surface area (Å²) in [5.41, 5.74) is 2.32. The fourth-order valence-corrected chi connectivity index (χ4v) is 5.21. The molecule has 3 heterocycles. The number of hydrogen-bond acceptors (Lipinski definition) is 4. The number of nitrogens with zero attached hydrogens (tertiary/aromatic N) is 3. The molecule has 5 nitrogen and oxygen atoms in total. The zero-order chi connectivity index (χ0) is 19.0. The minimum Gasteiger partial charge on any atom is -0.371 e. The van der Waals surface area contributed by atoms with E-state index in [-0.39, 0.29) is 5.91 Å². The Labute approximate surface area is 167 Å². The fraction of sp³-hybridized carbons (Fsp3) is 0.667. The summed E-state index contributed by atoms with van der Waals surface area (Å²) in [5, 5.41) is 4.03. The Bertz CT molecular complexity index is 685. The third-order valence-corrected chi connectivity index (χ3v) is 6.99. The Morgan fingerprint density at radius 3 is 2.44 bits per heavy atom. The molecule has 3 aliphatic rings. The van der Waals surface area contributed by atoms with Crippen LogP contribution in [0.5, 0.6) is 0 Å². The molecule has 1 N–H and O–H groups in total. The van der Waals surface area contributed by atoms with Crippen LogP contribution in [-0.2, 0) is 0 Å². The van der Waals surface area contributed by atoms with Gasteiger partial charge in [0.05, 0.1) is 10.6 Å². The van der Waals surface area contributed by atoms with Gasteiger partial charge in [-0.25, -0.2) is 0 Å². The Morgan fingerprint density at radius 2 is 1.85 bits per heavy atom. The first-order chi connectivity index (χ1) is 13.0. The van der Waals surface area contributed by atoms with Crippen molar-refractivity contribution in [3.63, 3.8) is 0 Å². The Hall–Kier alpha value is -1.30. The highest BCUT2D eigenvalue weighted by Crippen LogP contribution is 2.41. The van der Waals surface area contributed by atoms with Crippen molar-refractivity contribution in [2.24, 2.45) is 5.41 Å². The molecule has 148 valence electrons. The van der Waals surface area contributed by atoms with Crippen LogP contribution in [0.15, 0.2) is 18.2 Å². The lowest BCUT2D eigenvalue weighted by molar-refractivity contribution is -0.0557. The number of piperidine rings is 2. The maximum Gasteiger partial charge on any atom is 0.254 e. The second-order valence-electron chi connectivity index (χ2n) is 8.74. The maximum atomic E-state index is 12.2. The third-order valence-electron chi connectivity index (χ3n) is 6.68. The van der Waals surface area contributed by atoms with Crippen molar-refractivity contribution in [2.75, 3.05) is 58.3 Å². The van der Waals surface area contributed by atoms with Crippen molar-refractivity contribution in [1.82, 2.24) is 15.1 Å². The Balaban J connectivity index is 1.32. The average molecular weight is 391 g/mol. The number of carbonyl (C=O) groups excluding carboxylic acids is 1. The smallest absolute Gasteiger partial charge is 0.254 e. The monoisotopic (exact) mass is 390 g/mol. The predicted molar refractivity (Wildman–Crippen MR) is 111 cm³/mol. The highest BCUT2D eigenvalue weighted by Gasteiger charge is 2.45. The number of carbonyl (C=O) groups is 1. The number of rotatable bonds is 3. The van der Waals surface area contributed by atoms with Crippen LogP contribution in [0.1, 0.15) is 36.0 Å². The molecule has 27 heavy (non-hydrogen) atoms. The molecule has 0 bridgehead atoms. The molecule has 6 heteroatoms. The van der Waals surface area contributed by atoms with Gasteiger partial charge in [0.1, 0.15) is 0 Å². The minimum absolute atomic E-state index is 0.0464. The van der Waals surface area contributed by atoms with Crippen molar-refractivity contribution in [3.05, 3.63) is 28.8 Å². The number of anilines is 1. The highest BCUT2D eigenvalue weighted by molar-refractivity contribution is 6.34. The van der Waals surface area contributed by atoms with Gasteiger partial charge in [-0.3, -0.25) is 9.69 Å². The van der Waals surface area contributed by atoms with Gasteiger partial charge in [-0.15, -0.1) is 0 Å². The molecule has 0 radical (unpaired) electrons. The van der Waals surface area contributed by atoms with Gasteiger partial charge in [-0.05, 0) is 62.4 Å². The van der Waals surface area contributed by atoms with Crippen molar-refractivity contribution in [2.45, 2.75) is 31.7 Å². The van der Waals surface area contributed by atoms with Gasteiger partial charge in [0.25, 0.3) is 5.91 Å². The summed E-state index contributed by atoms with van der Waals surface area (Å²) in [6, 6.07) is 6.58. The maximum absolute atomic E-state index is 12.2. The molecule has 0 atom stereocenters. The molecular weight excluding hydrogens is 360 g/mol. The predicted octanol–water partition coefficient (Wildman–Crippen LogP) is 2.70. The zero-order valence-corrected chi connectivity index (χ0v) is 17.3. The Morgan fingerprint density at radius 1 is 1.19 bits per heavy atom. The number of amides is 1. The third kappa shape index (κ3) is 3.82. The largest absolute Gasteiger partial charge is 0.371 e. The molecule has 0 saturated carbocycles. The summed E-state index contributed by atoms with van der Waals surface area (Å²) in [6.07, 6.45) is 5.12. The van der Waals surface area contributed by atoms with E-state index >= 15 is 0 Å². The van der Waals surface area contributed by atoms with Gasteiger partial charge in [-0.2, -0.15) is 0 Å². The van der Waals surface area contributed by atoms with Crippen molar-refractivity contribution < 1.29 is 4.79 Å². The summed E-state index contributed by atoms with van der Waals surface area (Å²) in [7, 11) is 3.50. The lowest BCUT2D eigenvalue weighted by Crippen LogP contribution is -2.63. The zero-order valence-electron chi connectivity index (χ0n) is 16.5. The van der Waals surface area contributed by atoms with E-state index in [1.54, 1.807) is 19.0 Å². The number of halogens is 1. The fourth-order valence-electron chi connectivity index (χ4n) is 4.95. The highest BCUT2D eigenvalue weighted by atomic mass is 35.5. The molecule has 4 rings (SSSR count). The van der Waals surface area contributed by atoms with E-state index in [1.807, 2.05) is 18.2 Å². The van der Waals surface area contributed by atoms with E-state index in [9.17, 15) is 4.79 Å². The molecular formula is C21H31ClN4O. The van der Waals surface area contributed by atoms with Crippen LogP contribution in [0, 0.1) is 5.41 Å². The number of nitrogens with one attached hydrogen (secondary N) is 1. The molecule has 3 saturated heterocycles. The first kappa shape index (κ1) is 19.0. The Kier molecular flexibility index (Phi) is 5.36. The normalized spacial score (nSPS) is 23.3. The van der Waals surface area contributed by atoms with E-state index in [0.29, 0.717) is 16.0 Å². The summed E-state index contributed by atoms with van der Waals surface area (Å²) in [6.45, 7) is 7.11. The molecule has 0 aliphatic carbocycles. The first-order valence-corrected chi connectivity index (χ1v) is 10.6. The first-order valence-electron chi connectivity index (χ1n) is 10.2. The van der Waals surface area contributed by atoms with Crippen LogP contribution in [0.2, 0.25) is 5.02 Å². The van der Waals surface area contributed by atoms with Gasteiger partial charge >= 0.3 is 0 Å². The van der Waals surface area contributed by atoms with E-state index in [2.05, 4.69) is 15.1 Å². The molecule has 3 fully saturated rings. The SMILES string of the molecule is CN(C)C(=O)c1ccc(N2CCC(N3CC4(CCNCC4)C3)CC2)cc1Cl. The summed E-state index contributed by atoms with van der Waals surface area (Å²) < 4.78 is 0. The second kappa shape index (κ2) is 7.61. The second-order valence-corrected chi connectivity index (χ2v) is 9.14. The molecule has 1 amide bonds. The van der Waals surface area contributed by atoms with Gasteiger partial charge in [0.15, 0.2) is 0 Å². The number of benzene rings is 1. The van der Waals surface area contributed by atoms with Crippen molar-refractivity contribution in [1.29, 1.82) is 0 Å². The molecule has 1 aromatic rings. The van der Waals surface area contributed by atoms with Crippen LogP contribution < -0.4 is 10.2 Å². The van der Waals surface area contributed by atoms with Crippen LogP contribution in [0.4, 0.5) is 5.69 Å². The van der Waals surface area contributed by atoms with Gasteiger partial charge in [0, 0.05) is 52.0 Å². The lowest BCUT2D eigenvalue weighted by atomic mass is 9.71. The van der Waals surface area contributed by atoms with Gasteiger partial charge in [0.2, 0.25) is 0 Å². The number of likely N-dealkylation sites (tertiary alicyclic amines) is 1. The van der Waals surface area contributed by atoms with E-state index in [1.165, 1.54) is 51.9 Å². The topological polar surface area (TPSA) is 38.8 Å². The van der Waals surface area contributed by atoms with Crippen molar-refractivity contribution in [3.8, 4) is 0 Å². The summed E-state index contributed by atoms with van der Waals surface area (Å²) in [5.74, 6) is -0.0464. The van der Waals surface area contributed by atoms with E-state index < -0.39 is 0 Å². The van der Waals surface area contributed by atoms with Crippen LogP contribution >= 0.6 is 11.6 Å². The minimum atomic E-state index is -0.0464. The van der Waals surface area contributed by atoms with Crippen molar-refractivity contribution >= 4 is 23.2 Å². The molecule has 0 aromatic heterocycles.